The van der Waals surface area contributed by atoms with E-state index in [1.807, 2.05) is 0 Å². The summed E-state index contributed by atoms with van der Waals surface area (Å²) in [6, 6.07) is 5.37. The van der Waals surface area contributed by atoms with Gasteiger partial charge >= 0.3 is 5.97 Å². The molecule has 0 aromatic heterocycles. The largest absolute Gasteiger partial charge is 0.462 e. The molecule has 0 heterocycles. The molecule has 0 saturated heterocycles. The number of carbonyl (C=O) groups is 2. The topological polar surface area (TPSA) is 64.6 Å². The summed E-state index contributed by atoms with van der Waals surface area (Å²) in [6.45, 7) is 7.02. The molecule has 0 atom stereocenters. The van der Waals surface area contributed by atoms with E-state index in [1.165, 1.54) is 30.3 Å². The molecule has 0 bridgehead atoms. The van der Waals surface area contributed by atoms with E-state index in [9.17, 15) is 14.0 Å². The molecule has 1 aromatic rings. The number of nitrogens with one attached hydrogen (secondary N) is 1. The van der Waals surface area contributed by atoms with Crippen LogP contribution in [0.1, 0.15) is 33.3 Å². The predicted molar refractivity (Wildman–Crippen MR) is 80.0 cm³/mol. The highest BCUT2D eigenvalue weighted by atomic mass is 19.1. The maximum absolute atomic E-state index is 12.9. The van der Waals surface area contributed by atoms with Crippen molar-refractivity contribution in [1.29, 1.82) is 0 Å². The van der Waals surface area contributed by atoms with Crippen molar-refractivity contribution in [2.45, 2.75) is 33.3 Å². The monoisotopic (exact) mass is 309 g/mol. The zero-order chi connectivity index (χ0) is 16.8. The second-order valence-corrected chi connectivity index (χ2v) is 5.48. The molecule has 1 N–H and O–H groups in total. The number of amides is 1. The highest BCUT2D eigenvalue weighted by Crippen LogP contribution is 2.11. The summed E-state index contributed by atoms with van der Waals surface area (Å²) >= 11 is 0. The molecule has 0 aliphatic rings. The Morgan fingerprint density at radius 1 is 1.23 bits per heavy atom. The molecule has 0 radical (unpaired) electrons. The van der Waals surface area contributed by atoms with E-state index < -0.39 is 23.3 Å². The van der Waals surface area contributed by atoms with E-state index in [1.54, 1.807) is 27.7 Å². The maximum atomic E-state index is 12.9. The number of ether oxygens (including phenoxy) is 1. The third-order valence-corrected chi connectivity index (χ3v) is 2.37. The Kier molecular flexibility index (Phi) is 6.24. The summed E-state index contributed by atoms with van der Waals surface area (Å²) in [7, 11) is 0. The number of rotatable bonds is 5. The van der Waals surface area contributed by atoms with Crippen LogP contribution >= 0.6 is 0 Å². The number of carbonyl (C=O) groups excluding carboxylic acids is 2. The van der Waals surface area contributed by atoms with Crippen molar-refractivity contribution in [3.8, 4) is 0 Å². The molecular weight excluding hydrogens is 289 g/mol. The lowest BCUT2D eigenvalue weighted by Crippen LogP contribution is -2.36. The first-order valence-electron chi connectivity index (χ1n) is 6.85. The number of halogens is 1. The molecule has 1 rings (SSSR count). The van der Waals surface area contributed by atoms with Gasteiger partial charge in [0.2, 0.25) is 0 Å². The van der Waals surface area contributed by atoms with Gasteiger partial charge in [0.15, 0.2) is 0 Å². The van der Waals surface area contributed by atoms with Gasteiger partial charge < -0.3 is 4.74 Å². The average molecular weight is 309 g/mol. The van der Waals surface area contributed by atoms with Gasteiger partial charge in [0.25, 0.3) is 5.91 Å². The van der Waals surface area contributed by atoms with Gasteiger partial charge in [-0.3, -0.25) is 9.63 Å². The Labute approximate surface area is 129 Å². The van der Waals surface area contributed by atoms with Crippen LogP contribution in [0.3, 0.4) is 0 Å². The molecule has 1 aromatic carbocycles. The van der Waals surface area contributed by atoms with E-state index in [0.29, 0.717) is 5.56 Å². The highest BCUT2D eigenvalue weighted by Gasteiger charge is 2.22. The van der Waals surface area contributed by atoms with Crippen molar-refractivity contribution in [2.24, 2.45) is 0 Å². The van der Waals surface area contributed by atoms with Crippen LogP contribution in [0, 0.1) is 5.82 Å². The molecule has 0 unspecified atom stereocenters. The second-order valence-electron chi connectivity index (χ2n) is 5.48. The van der Waals surface area contributed by atoms with Gasteiger partial charge in [0.1, 0.15) is 11.4 Å². The normalized spacial score (nSPS) is 12.0. The number of hydrogen-bond donors (Lipinski definition) is 1. The van der Waals surface area contributed by atoms with Crippen LogP contribution in [0.2, 0.25) is 0 Å². The fourth-order valence-corrected chi connectivity index (χ4v) is 1.41. The third kappa shape index (κ3) is 6.05. The minimum Gasteiger partial charge on any atom is -0.462 e. The molecule has 0 saturated carbocycles. The Balaban J connectivity index is 2.99. The van der Waals surface area contributed by atoms with E-state index in [0.717, 1.165) is 0 Å². The molecular formula is C16H20FNO4. The average Bonchev–Trinajstić information content (AvgIpc) is 2.43. The smallest absolute Gasteiger partial charge is 0.343 e. The summed E-state index contributed by atoms with van der Waals surface area (Å²) in [5, 5.41) is 0. The fraction of sp³-hybridized carbons (Fsp3) is 0.375. The molecule has 0 fully saturated rings. The van der Waals surface area contributed by atoms with Gasteiger partial charge in [0.05, 0.1) is 12.2 Å². The van der Waals surface area contributed by atoms with Gasteiger partial charge in [-0.25, -0.2) is 14.7 Å². The Morgan fingerprint density at radius 3 is 2.32 bits per heavy atom. The van der Waals surface area contributed by atoms with Gasteiger partial charge in [0, 0.05) is 0 Å². The van der Waals surface area contributed by atoms with Crippen LogP contribution in [0.25, 0.3) is 6.08 Å². The van der Waals surface area contributed by atoms with Crippen LogP contribution in [0.5, 0.6) is 0 Å². The first-order valence-corrected chi connectivity index (χ1v) is 6.85. The van der Waals surface area contributed by atoms with E-state index in [2.05, 4.69) is 5.48 Å². The molecule has 0 spiro atoms. The summed E-state index contributed by atoms with van der Waals surface area (Å²) in [5.41, 5.74) is 1.88. The van der Waals surface area contributed by atoms with Crippen molar-refractivity contribution < 1.29 is 23.6 Å². The Hall–Kier alpha value is -2.21. The van der Waals surface area contributed by atoms with Crippen LogP contribution in [0.4, 0.5) is 4.39 Å². The number of benzene rings is 1. The minimum absolute atomic E-state index is 0.132. The van der Waals surface area contributed by atoms with Crippen molar-refractivity contribution in [3.05, 3.63) is 41.2 Å². The van der Waals surface area contributed by atoms with Crippen LogP contribution < -0.4 is 5.48 Å². The Bertz CT molecular complexity index is 559. The van der Waals surface area contributed by atoms with Crippen LogP contribution in [-0.4, -0.2) is 24.1 Å². The molecule has 0 aliphatic carbocycles. The van der Waals surface area contributed by atoms with Crippen molar-refractivity contribution in [2.75, 3.05) is 6.61 Å². The first-order chi connectivity index (χ1) is 10.2. The fourth-order valence-electron chi connectivity index (χ4n) is 1.41. The molecule has 0 aliphatic heterocycles. The molecule has 5 nitrogen and oxygen atoms in total. The lowest BCUT2D eigenvalue weighted by Gasteiger charge is -2.19. The summed E-state index contributed by atoms with van der Waals surface area (Å²) < 4.78 is 17.8. The molecule has 22 heavy (non-hydrogen) atoms. The lowest BCUT2D eigenvalue weighted by molar-refractivity contribution is -0.147. The summed E-state index contributed by atoms with van der Waals surface area (Å²) in [6.07, 6.45) is 1.32. The van der Waals surface area contributed by atoms with E-state index >= 15 is 0 Å². The number of hydrogen-bond acceptors (Lipinski definition) is 4. The van der Waals surface area contributed by atoms with Crippen molar-refractivity contribution in [3.63, 3.8) is 0 Å². The first kappa shape index (κ1) is 17.8. The predicted octanol–water partition coefficient (Wildman–Crippen LogP) is 2.62. The second kappa shape index (κ2) is 7.70. The zero-order valence-electron chi connectivity index (χ0n) is 13.1. The summed E-state index contributed by atoms with van der Waals surface area (Å²) in [4.78, 5) is 29.1. The molecule has 6 heteroatoms. The third-order valence-electron chi connectivity index (χ3n) is 2.37. The lowest BCUT2D eigenvalue weighted by atomic mass is 10.1. The summed E-state index contributed by atoms with van der Waals surface area (Å²) in [5.74, 6) is -1.91. The van der Waals surface area contributed by atoms with Gasteiger partial charge in [-0.1, -0.05) is 12.1 Å². The van der Waals surface area contributed by atoms with Crippen molar-refractivity contribution >= 4 is 18.0 Å². The van der Waals surface area contributed by atoms with Gasteiger partial charge in [-0.2, -0.15) is 0 Å². The molecule has 1 amide bonds. The SMILES string of the molecule is CCOC(=O)/C(=C/c1ccc(F)cc1)C(=O)NOC(C)(C)C. The van der Waals surface area contributed by atoms with Crippen molar-refractivity contribution in [1.82, 2.24) is 5.48 Å². The zero-order valence-corrected chi connectivity index (χ0v) is 13.1. The van der Waals surface area contributed by atoms with Gasteiger partial charge in [-0.15, -0.1) is 0 Å². The number of esters is 1. The van der Waals surface area contributed by atoms with E-state index in [-0.39, 0.29) is 12.2 Å². The maximum Gasteiger partial charge on any atom is 0.343 e. The molecule has 120 valence electrons. The van der Waals surface area contributed by atoms with Crippen LogP contribution in [0.15, 0.2) is 29.8 Å². The van der Waals surface area contributed by atoms with E-state index in [4.69, 9.17) is 9.57 Å². The van der Waals surface area contributed by atoms with Crippen LogP contribution in [-0.2, 0) is 19.2 Å². The minimum atomic E-state index is -0.776. The van der Waals surface area contributed by atoms with Gasteiger partial charge in [-0.05, 0) is 51.5 Å². The quantitative estimate of drug-likeness (QED) is 0.298. The Morgan fingerprint density at radius 2 is 1.82 bits per heavy atom. The number of hydroxylamine groups is 1. The standard InChI is InChI=1S/C16H20FNO4/c1-5-21-15(20)13(14(19)18-22-16(2,3)4)10-11-6-8-12(17)9-7-11/h6-10H,5H2,1-4H3,(H,18,19)/b13-10+. The highest BCUT2D eigenvalue weighted by molar-refractivity contribution is 6.19.